The van der Waals surface area contributed by atoms with Crippen molar-refractivity contribution in [2.75, 3.05) is 19.6 Å². The van der Waals surface area contributed by atoms with Crippen LogP contribution < -0.4 is 5.32 Å². The number of thiazole rings is 1. The first kappa shape index (κ1) is 17.0. The number of nitrogens with zero attached hydrogens (tertiary/aromatic N) is 3. The summed E-state index contributed by atoms with van der Waals surface area (Å²) in [5, 5.41) is 5.13. The first-order chi connectivity index (χ1) is 13.6. The molecule has 1 saturated carbocycles. The summed E-state index contributed by atoms with van der Waals surface area (Å²) in [6.45, 7) is 2.11. The maximum atomic E-state index is 12.9. The number of ether oxygens (including phenoxy) is 1. The fourth-order valence-corrected chi connectivity index (χ4v) is 6.21. The zero-order valence-electron chi connectivity index (χ0n) is 15.7. The molecule has 1 N–H and O–H groups in total. The molecule has 4 fully saturated rings. The highest BCUT2D eigenvalue weighted by molar-refractivity contribution is 7.15. The molecule has 3 saturated heterocycles. The number of hydrogen-bond acceptors (Lipinski definition) is 5. The summed E-state index contributed by atoms with van der Waals surface area (Å²) in [4.78, 5) is 32.4. The number of nitrogens with one attached hydrogen (secondary N) is 1. The largest absolute Gasteiger partial charge is 0.369 e. The molecule has 5 heterocycles. The molecule has 2 aromatic heterocycles. The van der Waals surface area contributed by atoms with Gasteiger partial charge in [0.2, 0.25) is 11.8 Å². The SMILES string of the molecule is O=C(NC[C@H]1[C@H]2CN(C(=O)Cc3cn4ccsc4n3)C[C@]23CC[C@H]1O3)C1CC1. The summed E-state index contributed by atoms with van der Waals surface area (Å²) in [6.07, 6.45) is 8.60. The van der Waals surface area contributed by atoms with Crippen molar-refractivity contribution in [1.82, 2.24) is 19.6 Å². The maximum absolute atomic E-state index is 12.9. The van der Waals surface area contributed by atoms with Crippen LogP contribution in [-0.4, -0.2) is 57.4 Å². The Kier molecular flexibility index (Phi) is 3.66. The number of hydrogen-bond donors (Lipinski definition) is 1. The van der Waals surface area contributed by atoms with Gasteiger partial charge in [-0.3, -0.25) is 14.0 Å². The standard InChI is InChI=1S/C20H24N4O3S/c25-17(7-13-9-23-5-6-28-19(23)22-13)24-10-15-14(8-21-18(26)12-1-2-12)16-3-4-20(15,11-24)27-16/h5-6,9,12,14-16H,1-4,7-8,10-11H2,(H,21,26)/t14-,15+,16+,20+/m0/s1. The molecule has 8 heteroatoms. The van der Waals surface area contributed by atoms with Crippen molar-refractivity contribution in [2.45, 2.75) is 43.8 Å². The predicted molar refractivity (Wildman–Crippen MR) is 103 cm³/mol. The first-order valence-corrected chi connectivity index (χ1v) is 11.1. The normalized spacial score (nSPS) is 33.6. The number of carbonyl (C=O) groups is 2. The van der Waals surface area contributed by atoms with Gasteiger partial charge < -0.3 is 15.0 Å². The van der Waals surface area contributed by atoms with Crippen LogP contribution in [0.15, 0.2) is 17.8 Å². The topological polar surface area (TPSA) is 75.9 Å². The molecule has 2 amide bonds. The highest BCUT2D eigenvalue weighted by Gasteiger charge is 2.63. The average Bonchev–Trinajstić information content (AvgIpc) is 3.01. The van der Waals surface area contributed by atoms with Crippen LogP contribution >= 0.6 is 11.3 Å². The van der Waals surface area contributed by atoms with Gasteiger partial charge in [0.15, 0.2) is 4.96 Å². The lowest BCUT2D eigenvalue weighted by atomic mass is 9.73. The molecule has 28 heavy (non-hydrogen) atoms. The number of fused-ring (bicyclic) bond motifs is 2. The minimum absolute atomic E-state index is 0.127. The molecular weight excluding hydrogens is 376 g/mol. The van der Waals surface area contributed by atoms with Gasteiger partial charge in [0.25, 0.3) is 0 Å². The van der Waals surface area contributed by atoms with Gasteiger partial charge in [-0.2, -0.15) is 0 Å². The Morgan fingerprint density at radius 3 is 3.07 bits per heavy atom. The smallest absolute Gasteiger partial charge is 0.228 e. The molecule has 1 spiro atoms. The van der Waals surface area contributed by atoms with E-state index in [1.807, 2.05) is 27.1 Å². The van der Waals surface area contributed by atoms with Gasteiger partial charge in [-0.05, 0) is 25.7 Å². The minimum atomic E-state index is -0.191. The number of aromatic nitrogens is 2. The van der Waals surface area contributed by atoms with E-state index in [0.717, 1.165) is 42.9 Å². The summed E-state index contributed by atoms with van der Waals surface area (Å²) < 4.78 is 8.37. The molecule has 2 bridgehead atoms. The average molecular weight is 401 g/mol. The Morgan fingerprint density at radius 2 is 2.25 bits per heavy atom. The fraction of sp³-hybridized carbons (Fsp3) is 0.650. The third-order valence-electron chi connectivity index (χ3n) is 7.07. The van der Waals surface area contributed by atoms with Crippen LogP contribution in [0.3, 0.4) is 0 Å². The monoisotopic (exact) mass is 400 g/mol. The molecular formula is C20H24N4O3S. The quantitative estimate of drug-likeness (QED) is 0.825. The first-order valence-electron chi connectivity index (χ1n) is 10.3. The second-order valence-electron chi connectivity index (χ2n) is 8.83. The molecule has 1 aliphatic carbocycles. The number of rotatable bonds is 5. The van der Waals surface area contributed by atoms with Crippen molar-refractivity contribution >= 4 is 28.1 Å². The summed E-state index contributed by atoms with van der Waals surface area (Å²) >= 11 is 1.58. The van der Waals surface area contributed by atoms with Gasteiger partial charge in [-0.1, -0.05) is 0 Å². The van der Waals surface area contributed by atoms with Crippen LogP contribution in [0.1, 0.15) is 31.4 Å². The van der Waals surface area contributed by atoms with Crippen molar-refractivity contribution in [3.8, 4) is 0 Å². The van der Waals surface area contributed by atoms with E-state index in [9.17, 15) is 9.59 Å². The lowest BCUT2D eigenvalue weighted by Gasteiger charge is -2.29. The number of imidazole rings is 1. The van der Waals surface area contributed by atoms with Gasteiger partial charge in [0.1, 0.15) is 0 Å². The summed E-state index contributed by atoms with van der Waals surface area (Å²) in [6, 6.07) is 0. The van der Waals surface area contributed by atoms with E-state index in [-0.39, 0.29) is 29.4 Å². The van der Waals surface area contributed by atoms with Gasteiger partial charge >= 0.3 is 0 Å². The van der Waals surface area contributed by atoms with Crippen molar-refractivity contribution in [3.63, 3.8) is 0 Å². The van der Waals surface area contributed by atoms with Crippen LogP contribution in [0, 0.1) is 17.8 Å². The van der Waals surface area contributed by atoms with Crippen LogP contribution in [0.4, 0.5) is 0 Å². The lowest BCUT2D eigenvalue weighted by molar-refractivity contribution is -0.131. The van der Waals surface area contributed by atoms with E-state index in [1.165, 1.54) is 0 Å². The molecule has 7 nitrogen and oxygen atoms in total. The lowest BCUT2D eigenvalue weighted by Crippen LogP contribution is -2.42. The highest BCUT2D eigenvalue weighted by atomic mass is 32.1. The molecule has 0 radical (unpaired) electrons. The molecule has 0 unspecified atom stereocenters. The van der Waals surface area contributed by atoms with E-state index >= 15 is 0 Å². The molecule has 4 atom stereocenters. The van der Waals surface area contributed by atoms with E-state index in [1.54, 1.807) is 11.3 Å². The van der Waals surface area contributed by atoms with Gasteiger partial charge in [-0.15, -0.1) is 11.3 Å². The van der Waals surface area contributed by atoms with E-state index < -0.39 is 0 Å². The minimum Gasteiger partial charge on any atom is -0.369 e. The molecule has 2 aromatic rings. The zero-order chi connectivity index (χ0) is 18.9. The highest BCUT2D eigenvalue weighted by Crippen LogP contribution is 2.54. The summed E-state index contributed by atoms with van der Waals surface area (Å²) in [5.74, 6) is 1.22. The third kappa shape index (κ3) is 2.61. The fourth-order valence-electron chi connectivity index (χ4n) is 5.49. The number of carbonyl (C=O) groups excluding carboxylic acids is 2. The number of likely N-dealkylation sites (tertiary alicyclic amines) is 1. The van der Waals surface area contributed by atoms with Crippen molar-refractivity contribution in [1.29, 1.82) is 0 Å². The van der Waals surface area contributed by atoms with E-state index in [4.69, 9.17) is 4.74 Å². The molecule has 6 rings (SSSR count). The third-order valence-corrected chi connectivity index (χ3v) is 7.84. The molecule has 4 aliphatic rings. The van der Waals surface area contributed by atoms with Gasteiger partial charge in [0, 0.05) is 48.6 Å². The Labute approximate surface area is 167 Å². The second-order valence-corrected chi connectivity index (χ2v) is 9.70. The van der Waals surface area contributed by atoms with Crippen molar-refractivity contribution in [2.24, 2.45) is 17.8 Å². The van der Waals surface area contributed by atoms with Crippen LogP contribution in [0.5, 0.6) is 0 Å². The maximum Gasteiger partial charge on any atom is 0.228 e. The Balaban J connectivity index is 1.13. The van der Waals surface area contributed by atoms with E-state index in [0.29, 0.717) is 31.3 Å². The zero-order valence-corrected chi connectivity index (χ0v) is 16.5. The van der Waals surface area contributed by atoms with Gasteiger partial charge in [0.05, 0.1) is 30.4 Å². The van der Waals surface area contributed by atoms with Crippen molar-refractivity contribution < 1.29 is 14.3 Å². The van der Waals surface area contributed by atoms with E-state index in [2.05, 4.69) is 10.3 Å². The number of amides is 2. The van der Waals surface area contributed by atoms with Crippen molar-refractivity contribution in [3.05, 3.63) is 23.5 Å². The second kappa shape index (κ2) is 6.03. The predicted octanol–water partition coefficient (Wildman–Crippen LogP) is 1.47. The van der Waals surface area contributed by atoms with Gasteiger partial charge in [-0.25, -0.2) is 4.98 Å². The summed E-state index contributed by atoms with van der Waals surface area (Å²) in [7, 11) is 0. The summed E-state index contributed by atoms with van der Waals surface area (Å²) in [5.41, 5.74) is 0.633. The Morgan fingerprint density at radius 1 is 1.36 bits per heavy atom. The Hall–Kier alpha value is -1.93. The Bertz CT molecular complexity index is 922. The van der Waals surface area contributed by atoms with Crippen LogP contribution in [0.25, 0.3) is 4.96 Å². The molecule has 148 valence electrons. The van der Waals surface area contributed by atoms with Crippen LogP contribution in [-0.2, 0) is 20.7 Å². The van der Waals surface area contributed by atoms with Crippen LogP contribution in [0.2, 0.25) is 0 Å². The molecule has 3 aliphatic heterocycles. The molecule has 0 aromatic carbocycles.